The number of benzene rings is 2. The number of imidazole rings is 1. The van der Waals surface area contributed by atoms with Gasteiger partial charge in [-0.2, -0.15) is 0 Å². The quantitative estimate of drug-likeness (QED) is 0.642. The topological polar surface area (TPSA) is 20.7 Å². The summed E-state index contributed by atoms with van der Waals surface area (Å²) in [7, 11) is 0. The molecule has 0 aliphatic heterocycles. The molecule has 1 heterocycles. The number of halogens is 3. The van der Waals surface area contributed by atoms with E-state index >= 15 is 0 Å². The number of nitrogens with zero attached hydrogens (tertiary/aromatic N) is 1. The van der Waals surface area contributed by atoms with Gasteiger partial charge >= 0.3 is 0 Å². The molecule has 6 heteroatoms. The van der Waals surface area contributed by atoms with E-state index < -0.39 is 0 Å². The molecule has 0 atom stereocenters. The van der Waals surface area contributed by atoms with E-state index in [4.69, 9.17) is 35.4 Å². The molecule has 3 aromatic rings. The van der Waals surface area contributed by atoms with Crippen molar-refractivity contribution >= 4 is 46.5 Å². The Hall–Kier alpha value is -1.36. The van der Waals surface area contributed by atoms with Gasteiger partial charge in [0, 0.05) is 0 Å². The number of hydrogen-bond donors (Lipinski definition) is 1. The monoisotopic (exact) mass is 326 g/mol. The van der Waals surface area contributed by atoms with E-state index in [1.807, 2.05) is 10.6 Å². The predicted molar refractivity (Wildman–Crippen MR) is 82.6 cm³/mol. The van der Waals surface area contributed by atoms with Gasteiger partial charge < -0.3 is 9.55 Å². The van der Waals surface area contributed by atoms with Crippen LogP contribution in [-0.2, 0) is 6.54 Å². The van der Waals surface area contributed by atoms with Gasteiger partial charge in [0.25, 0.3) is 0 Å². The molecule has 0 aliphatic rings. The van der Waals surface area contributed by atoms with Crippen LogP contribution in [0.3, 0.4) is 0 Å². The third-order valence-corrected chi connectivity index (χ3v) is 4.09. The Morgan fingerprint density at radius 2 is 1.90 bits per heavy atom. The molecular weight excluding hydrogens is 318 g/mol. The molecule has 102 valence electrons. The number of fused-ring (bicyclic) bond motifs is 1. The number of hydrogen-bond acceptors (Lipinski definition) is 1. The largest absolute Gasteiger partial charge is 0.331 e. The fraction of sp³-hybridized carbons (Fsp3) is 0.0714. The highest BCUT2D eigenvalue weighted by atomic mass is 35.5. The van der Waals surface area contributed by atoms with E-state index in [0.717, 1.165) is 16.6 Å². The zero-order valence-electron chi connectivity index (χ0n) is 10.2. The van der Waals surface area contributed by atoms with Crippen LogP contribution in [0.25, 0.3) is 11.0 Å². The highest BCUT2D eigenvalue weighted by Crippen LogP contribution is 2.28. The Labute approximate surface area is 129 Å². The predicted octanol–water partition coefficient (Wildman–Crippen LogP) is 5.19. The maximum absolute atomic E-state index is 13.2. The van der Waals surface area contributed by atoms with Crippen molar-refractivity contribution < 1.29 is 4.39 Å². The van der Waals surface area contributed by atoms with Crippen LogP contribution in [0, 0.1) is 10.6 Å². The van der Waals surface area contributed by atoms with Crippen LogP contribution in [0.2, 0.25) is 10.0 Å². The van der Waals surface area contributed by atoms with Gasteiger partial charge in [0.2, 0.25) is 0 Å². The first kappa shape index (κ1) is 13.6. The van der Waals surface area contributed by atoms with E-state index in [1.165, 1.54) is 12.1 Å². The second-order valence-electron chi connectivity index (χ2n) is 4.43. The number of aromatic amines is 1. The fourth-order valence-electron chi connectivity index (χ4n) is 2.13. The first-order valence-corrected chi connectivity index (χ1v) is 7.03. The molecule has 0 radical (unpaired) electrons. The van der Waals surface area contributed by atoms with E-state index in [1.54, 1.807) is 18.2 Å². The summed E-state index contributed by atoms with van der Waals surface area (Å²) >= 11 is 17.3. The minimum atomic E-state index is -0.269. The van der Waals surface area contributed by atoms with Crippen LogP contribution in [-0.4, -0.2) is 9.55 Å². The van der Waals surface area contributed by atoms with Crippen molar-refractivity contribution in [3.63, 3.8) is 0 Å². The lowest BCUT2D eigenvalue weighted by molar-refractivity contribution is 0.623. The molecule has 0 spiro atoms. The zero-order valence-corrected chi connectivity index (χ0v) is 12.5. The van der Waals surface area contributed by atoms with Crippen LogP contribution in [0.5, 0.6) is 0 Å². The molecule has 1 aromatic heterocycles. The summed E-state index contributed by atoms with van der Waals surface area (Å²) in [5, 5.41) is 0.925. The molecule has 0 amide bonds. The number of aromatic nitrogens is 2. The van der Waals surface area contributed by atoms with Gasteiger partial charge in [0.05, 0.1) is 27.6 Å². The number of H-pyrrole nitrogens is 1. The van der Waals surface area contributed by atoms with Crippen LogP contribution in [0.1, 0.15) is 5.56 Å². The minimum absolute atomic E-state index is 0.269. The normalized spacial score (nSPS) is 11.2. The van der Waals surface area contributed by atoms with Gasteiger partial charge in [-0.3, -0.25) is 0 Å². The molecule has 0 bridgehead atoms. The van der Waals surface area contributed by atoms with Crippen molar-refractivity contribution in [2.45, 2.75) is 6.54 Å². The average Bonchev–Trinajstić information content (AvgIpc) is 2.67. The highest BCUT2D eigenvalue weighted by molar-refractivity contribution is 7.71. The Kier molecular flexibility index (Phi) is 3.54. The first-order valence-electron chi connectivity index (χ1n) is 5.86. The Morgan fingerprint density at radius 1 is 1.15 bits per heavy atom. The lowest BCUT2D eigenvalue weighted by atomic mass is 10.2. The molecule has 0 saturated heterocycles. The molecule has 2 aromatic carbocycles. The maximum Gasteiger partial charge on any atom is 0.178 e. The minimum Gasteiger partial charge on any atom is -0.331 e. The molecule has 0 aliphatic carbocycles. The molecule has 3 rings (SSSR count). The highest BCUT2D eigenvalue weighted by Gasteiger charge is 2.09. The summed E-state index contributed by atoms with van der Waals surface area (Å²) in [5.74, 6) is -0.269. The standard InChI is InChI=1S/C14H9Cl2FN2S/c15-10-5-12-13(6-11(10)16)19(14(20)18-12)7-8-2-1-3-9(17)4-8/h1-6H,7H2,(H,18,20). The van der Waals surface area contributed by atoms with Crippen molar-refractivity contribution in [1.82, 2.24) is 9.55 Å². The van der Waals surface area contributed by atoms with Crippen LogP contribution in [0.4, 0.5) is 4.39 Å². The second kappa shape index (κ2) is 5.20. The SMILES string of the molecule is Fc1cccc(Cn2c(=S)[nH]c3cc(Cl)c(Cl)cc32)c1. The van der Waals surface area contributed by atoms with Crippen molar-refractivity contribution in [2.75, 3.05) is 0 Å². The number of nitrogens with one attached hydrogen (secondary N) is 1. The molecule has 2 nitrogen and oxygen atoms in total. The molecule has 1 N–H and O–H groups in total. The second-order valence-corrected chi connectivity index (χ2v) is 5.63. The smallest absolute Gasteiger partial charge is 0.178 e. The Balaban J connectivity index is 2.14. The molecular formula is C14H9Cl2FN2S. The van der Waals surface area contributed by atoms with Crippen molar-refractivity contribution in [3.05, 3.63) is 62.6 Å². The van der Waals surface area contributed by atoms with Crippen LogP contribution < -0.4 is 0 Å². The van der Waals surface area contributed by atoms with E-state index in [0.29, 0.717) is 21.4 Å². The lowest BCUT2D eigenvalue weighted by Crippen LogP contribution is -2.00. The van der Waals surface area contributed by atoms with Gasteiger partial charge in [0.15, 0.2) is 4.77 Å². The zero-order chi connectivity index (χ0) is 14.3. The summed E-state index contributed by atoms with van der Waals surface area (Å²) in [6, 6.07) is 9.91. The van der Waals surface area contributed by atoms with Crippen molar-refractivity contribution in [2.24, 2.45) is 0 Å². The summed E-state index contributed by atoms with van der Waals surface area (Å²) in [4.78, 5) is 3.07. The van der Waals surface area contributed by atoms with Crippen molar-refractivity contribution in [1.29, 1.82) is 0 Å². The van der Waals surface area contributed by atoms with Crippen LogP contribution >= 0.6 is 35.4 Å². The van der Waals surface area contributed by atoms with Gasteiger partial charge in [-0.1, -0.05) is 35.3 Å². The van der Waals surface area contributed by atoms with Gasteiger partial charge in [-0.25, -0.2) is 4.39 Å². The Bertz CT molecular complexity index is 854. The van der Waals surface area contributed by atoms with Crippen LogP contribution in [0.15, 0.2) is 36.4 Å². The Morgan fingerprint density at radius 3 is 2.65 bits per heavy atom. The number of rotatable bonds is 2. The van der Waals surface area contributed by atoms with Gasteiger partial charge in [-0.15, -0.1) is 0 Å². The first-order chi connectivity index (χ1) is 9.54. The lowest BCUT2D eigenvalue weighted by Gasteiger charge is -2.05. The van der Waals surface area contributed by atoms with Gasteiger partial charge in [-0.05, 0) is 42.0 Å². The molecule has 20 heavy (non-hydrogen) atoms. The third kappa shape index (κ3) is 2.46. The average molecular weight is 327 g/mol. The fourth-order valence-corrected chi connectivity index (χ4v) is 2.72. The van der Waals surface area contributed by atoms with E-state index in [9.17, 15) is 4.39 Å². The van der Waals surface area contributed by atoms with E-state index in [2.05, 4.69) is 4.98 Å². The maximum atomic E-state index is 13.2. The molecule has 0 fully saturated rings. The summed E-state index contributed by atoms with van der Waals surface area (Å²) in [5.41, 5.74) is 2.47. The summed E-state index contributed by atoms with van der Waals surface area (Å²) in [6.07, 6.45) is 0. The van der Waals surface area contributed by atoms with E-state index in [-0.39, 0.29) is 5.82 Å². The van der Waals surface area contributed by atoms with Gasteiger partial charge in [0.1, 0.15) is 5.82 Å². The third-order valence-electron chi connectivity index (χ3n) is 3.05. The molecule has 0 unspecified atom stereocenters. The molecule has 0 saturated carbocycles. The van der Waals surface area contributed by atoms with Crippen molar-refractivity contribution in [3.8, 4) is 0 Å². The summed E-state index contributed by atoms with van der Waals surface area (Å²) < 4.78 is 15.7. The summed E-state index contributed by atoms with van der Waals surface area (Å²) in [6.45, 7) is 0.467.